The number of carbonyl (C=O) groups excluding carboxylic acids is 1. The fraction of sp³-hybridized carbons (Fsp3) is 0.389. The molecule has 140 valence electrons. The fourth-order valence-electron chi connectivity index (χ4n) is 3.03. The number of piperazine rings is 1. The minimum absolute atomic E-state index is 0.0464. The summed E-state index contributed by atoms with van der Waals surface area (Å²) < 4.78 is 32.4. The van der Waals surface area contributed by atoms with Crippen LogP contribution in [0.3, 0.4) is 0 Å². The predicted octanol–water partition coefficient (Wildman–Crippen LogP) is 2.14. The van der Waals surface area contributed by atoms with Crippen molar-refractivity contribution < 1.29 is 17.9 Å². The second kappa shape index (κ2) is 7.77. The van der Waals surface area contributed by atoms with E-state index >= 15 is 0 Å². The Hall–Kier alpha value is -1.90. The van der Waals surface area contributed by atoms with Crippen molar-refractivity contribution >= 4 is 27.3 Å². The van der Waals surface area contributed by atoms with Gasteiger partial charge in [0.2, 0.25) is 15.9 Å². The average molecular weight is 395 g/mol. The van der Waals surface area contributed by atoms with E-state index in [0.29, 0.717) is 43.9 Å². The van der Waals surface area contributed by atoms with Crippen molar-refractivity contribution in [3.8, 4) is 5.75 Å². The lowest BCUT2D eigenvalue weighted by atomic mass is 10.2. The lowest BCUT2D eigenvalue weighted by Gasteiger charge is -2.34. The number of sulfonamides is 1. The second-order valence-electron chi connectivity index (χ2n) is 6.17. The molecule has 3 rings (SSSR count). The normalized spacial score (nSPS) is 15.8. The number of amides is 1. The van der Waals surface area contributed by atoms with Gasteiger partial charge >= 0.3 is 0 Å². The zero-order valence-corrected chi connectivity index (χ0v) is 16.5. The van der Waals surface area contributed by atoms with Gasteiger partial charge in [-0.3, -0.25) is 4.79 Å². The minimum Gasteiger partial charge on any atom is -0.497 e. The van der Waals surface area contributed by atoms with Crippen LogP contribution in [0.5, 0.6) is 5.75 Å². The molecular weight excluding hydrogens is 372 g/mol. The van der Waals surface area contributed by atoms with E-state index in [1.54, 1.807) is 48.5 Å². The van der Waals surface area contributed by atoms with Gasteiger partial charge in [-0.2, -0.15) is 4.31 Å². The smallest absolute Gasteiger partial charge is 0.243 e. The molecule has 0 unspecified atom stereocenters. The molecule has 0 bridgehead atoms. The molecule has 6 nitrogen and oxygen atoms in total. The summed E-state index contributed by atoms with van der Waals surface area (Å²) in [6.07, 6.45) is 0.377. The standard InChI is InChI=1S/C18H22N2O4S2/c1-14-12-15(24-2)5-6-17(14)26(22,23)20-9-7-19(8-10-20)18(21)13-16-4-3-11-25-16/h3-6,11-12H,7-10,13H2,1-2H3. The Labute approximate surface area is 158 Å². The molecule has 0 radical (unpaired) electrons. The third-order valence-electron chi connectivity index (χ3n) is 4.50. The lowest BCUT2D eigenvalue weighted by Crippen LogP contribution is -2.50. The van der Waals surface area contributed by atoms with E-state index in [1.807, 2.05) is 17.5 Å². The van der Waals surface area contributed by atoms with E-state index in [0.717, 1.165) is 4.88 Å². The molecule has 0 aliphatic carbocycles. The van der Waals surface area contributed by atoms with Crippen molar-refractivity contribution in [1.82, 2.24) is 9.21 Å². The Kier molecular flexibility index (Phi) is 5.64. The lowest BCUT2D eigenvalue weighted by molar-refractivity contribution is -0.131. The molecule has 1 fully saturated rings. The van der Waals surface area contributed by atoms with Crippen LogP contribution in [0.1, 0.15) is 10.4 Å². The number of rotatable bonds is 5. The van der Waals surface area contributed by atoms with Gasteiger partial charge in [0.05, 0.1) is 18.4 Å². The van der Waals surface area contributed by atoms with Gasteiger partial charge in [0.25, 0.3) is 0 Å². The zero-order chi connectivity index (χ0) is 18.7. The van der Waals surface area contributed by atoms with Crippen LogP contribution in [0.4, 0.5) is 0 Å². The summed E-state index contributed by atoms with van der Waals surface area (Å²) in [6, 6.07) is 8.82. The first-order valence-electron chi connectivity index (χ1n) is 8.37. The molecule has 1 aliphatic heterocycles. The first-order valence-corrected chi connectivity index (χ1v) is 10.7. The largest absolute Gasteiger partial charge is 0.497 e. The molecule has 2 heterocycles. The first-order chi connectivity index (χ1) is 12.4. The van der Waals surface area contributed by atoms with Crippen LogP contribution in [-0.4, -0.2) is 56.8 Å². The van der Waals surface area contributed by atoms with Crippen molar-refractivity contribution in [2.75, 3.05) is 33.3 Å². The van der Waals surface area contributed by atoms with Gasteiger partial charge in [0, 0.05) is 31.1 Å². The number of carbonyl (C=O) groups is 1. The Bertz CT molecular complexity index is 871. The third-order valence-corrected chi connectivity index (χ3v) is 7.43. The average Bonchev–Trinajstić information content (AvgIpc) is 3.14. The Morgan fingerprint density at radius 2 is 1.92 bits per heavy atom. The summed E-state index contributed by atoms with van der Waals surface area (Å²) in [5.41, 5.74) is 0.653. The van der Waals surface area contributed by atoms with Crippen molar-refractivity contribution in [2.24, 2.45) is 0 Å². The first kappa shape index (κ1) is 18.9. The number of nitrogens with zero attached hydrogens (tertiary/aromatic N) is 2. The number of benzene rings is 1. The van der Waals surface area contributed by atoms with Crippen molar-refractivity contribution in [2.45, 2.75) is 18.2 Å². The van der Waals surface area contributed by atoms with Crippen molar-refractivity contribution in [3.63, 3.8) is 0 Å². The van der Waals surface area contributed by atoms with E-state index in [-0.39, 0.29) is 10.8 Å². The van der Waals surface area contributed by atoms with Crippen LogP contribution in [0, 0.1) is 6.92 Å². The van der Waals surface area contributed by atoms with Crippen LogP contribution in [-0.2, 0) is 21.2 Å². The Morgan fingerprint density at radius 3 is 2.50 bits per heavy atom. The van der Waals surface area contributed by atoms with Gasteiger partial charge in [0.1, 0.15) is 5.75 Å². The minimum atomic E-state index is -3.57. The molecule has 0 saturated carbocycles. The number of ether oxygens (including phenoxy) is 1. The monoisotopic (exact) mass is 394 g/mol. The zero-order valence-electron chi connectivity index (χ0n) is 14.8. The molecule has 1 aromatic heterocycles. The summed E-state index contributed by atoms with van der Waals surface area (Å²) in [6.45, 7) is 3.21. The molecule has 1 aliphatic rings. The van der Waals surface area contributed by atoms with Crippen LogP contribution < -0.4 is 4.74 Å². The Morgan fingerprint density at radius 1 is 1.19 bits per heavy atom. The number of hydrogen-bond donors (Lipinski definition) is 0. The summed E-state index contributed by atoms with van der Waals surface area (Å²) in [7, 11) is -2.02. The van der Waals surface area contributed by atoms with E-state index in [1.165, 1.54) is 4.31 Å². The number of hydrogen-bond acceptors (Lipinski definition) is 5. The summed E-state index contributed by atoms with van der Waals surface area (Å²) in [5.74, 6) is 0.676. The fourth-order valence-corrected chi connectivity index (χ4v) is 5.35. The highest BCUT2D eigenvalue weighted by Gasteiger charge is 2.31. The van der Waals surface area contributed by atoms with Gasteiger partial charge in [-0.1, -0.05) is 6.07 Å². The topological polar surface area (TPSA) is 66.9 Å². The van der Waals surface area contributed by atoms with Gasteiger partial charge in [-0.15, -0.1) is 11.3 Å². The molecule has 1 aromatic carbocycles. The molecule has 0 atom stereocenters. The maximum absolute atomic E-state index is 12.9. The SMILES string of the molecule is COc1ccc(S(=O)(=O)N2CCN(C(=O)Cc3cccs3)CC2)c(C)c1. The molecule has 8 heteroatoms. The molecular formula is C18H22N2O4S2. The van der Waals surface area contributed by atoms with Gasteiger partial charge < -0.3 is 9.64 Å². The highest BCUT2D eigenvalue weighted by molar-refractivity contribution is 7.89. The highest BCUT2D eigenvalue weighted by atomic mass is 32.2. The second-order valence-corrected chi connectivity index (χ2v) is 9.11. The summed E-state index contributed by atoms with van der Waals surface area (Å²) in [4.78, 5) is 15.4. The maximum Gasteiger partial charge on any atom is 0.243 e. The molecule has 1 amide bonds. The van der Waals surface area contributed by atoms with E-state index in [9.17, 15) is 13.2 Å². The van der Waals surface area contributed by atoms with Crippen LogP contribution in [0.25, 0.3) is 0 Å². The highest BCUT2D eigenvalue weighted by Crippen LogP contribution is 2.25. The van der Waals surface area contributed by atoms with Crippen LogP contribution >= 0.6 is 11.3 Å². The quantitative estimate of drug-likeness (QED) is 0.779. The van der Waals surface area contributed by atoms with Gasteiger partial charge in [0.15, 0.2) is 0 Å². The maximum atomic E-state index is 12.9. The number of methoxy groups -OCH3 is 1. The molecule has 0 N–H and O–H groups in total. The Balaban J connectivity index is 1.66. The van der Waals surface area contributed by atoms with Gasteiger partial charge in [-0.05, 0) is 42.1 Å². The summed E-state index contributed by atoms with van der Waals surface area (Å²) >= 11 is 1.56. The molecule has 26 heavy (non-hydrogen) atoms. The van der Waals surface area contributed by atoms with Crippen molar-refractivity contribution in [1.29, 1.82) is 0 Å². The van der Waals surface area contributed by atoms with Crippen LogP contribution in [0.2, 0.25) is 0 Å². The number of aryl methyl sites for hydroxylation is 1. The van der Waals surface area contributed by atoms with Gasteiger partial charge in [-0.25, -0.2) is 8.42 Å². The number of thiophene rings is 1. The predicted molar refractivity (Wildman–Crippen MR) is 101 cm³/mol. The summed E-state index contributed by atoms with van der Waals surface area (Å²) in [5, 5.41) is 1.95. The van der Waals surface area contributed by atoms with E-state index < -0.39 is 10.0 Å². The van der Waals surface area contributed by atoms with Crippen molar-refractivity contribution in [3.05, 3.63) is 46.2 Å². The molecule has 1 saturated heterocycles. The van der Waals surface area contributed by atoms with Crippen LogP contribution in [0.15, 0.2) is 40.6 Å². The van der Waals surface area contributed by atoms with E-state index in [2.05, 4.69) is 0 Å². The molecule has 2 aromatic rings. The van der Waals surface area contributed by atoms with E-state index in [4.69, 9.17) is 4.74 Å². The molecule has 0 spiro atoms. The third kappa shape index (κ3) is 3.92.